The van der Waals surface area contributed by atoms with E-state index in [1.165, 1.54) is 27.4 Å². The molecule has 0 amide bonds. The lowest BCUT2D eigenvalue weighted by Crippen LogP contribution is -2.34. The number of piperidine rings is 1. The summed E-state index contributed by atoms with van der Waals surface area (Å²) in [4.78, 5) is 15.6. The van der Waals surface area contributed by atoms with Gasteiger partial charge in [0, 0.05) is 65.5 Å². The van der Waals surface area contributed by atoms with Crippen molar-refractivity contribution < 1.29 is 9.53 Å². The van der Waals surface area contributed by atoms with Gasteiger partial charge in [-0.1, -0.05) is 60.7 Å². The lowest BCUT2D eigenvalue weighted by molar-refractivity contribution is 0.101. The molecular formula is C36H35N3O2. The normalized spacial score (nSPS) is 14.8. The van der Waals surface area contributed by atoms with Crippen LogP contribution in [0.25, 0.3) is 44.0 Å². The van der Waals surface area contributed by atoms with E-state index in [2.05, 4.69) is 93.9 Å². The van der Waals surface area contributed by atoms with Gasteiger partial charge in [0.25, 0.3) is 0 Å². The van der Waals surface area contributed by atoms with E-state index in [1.54, 1.807) is 14.0 Å². The fourth-order valence-corrected chi connectivity index (χ4v) is 7.07. The standard InChI is InChI=1S/C36H35N3O2/c1-24(40)34-28-12-4-6-15-31(28)37(2)36(34)30-14-9-17-33-35(30)29-13-5-7-16-32(29)39(33)26-18-20-38(21-19-26)23-25-10-8-11-27(22-25)41-3/h4-17,22,26H,18-21,23H2,1-3H3. The Kier molecular flexibility index (Phi) is 6.40. The van der Waals surface area contributed by atoms with Crippen LogP contribution < -0.4 is 4.74 Å². The third kappa shape index (κ3) is 4.23. The monoisotopic (exact) mass is 541 g/mol. The summed E-state index contributed by atoms with van der Waals surface area (Å²) in [5.41, 5.74) is 7.81. The van der Waals surface area contributed by atoms with Crippen LogP contribution >= 0.6 is 0 Å². The van der Waals surface area contributed by atoms with Gasteiger partial charge in [0.15, 0.2) is 5.78 Å². The highest BCUT2D eigenvalue weighted by Gasteiger charge is 2.27. The maximum absolute atomic E-state index is 13.1. The number of ether oxygens (including phenoxy) is 1. The fraction of sp³-hybridized carbons (Fsp3) is 0.250. The van der Waals surface area contributed by atoms with Crippen LogP contribution in [0, 0.1) is 0 Å². The zero-order valence-electron chi connectivity index (χ0n) is 23.9. The molecule has 0 saturated carbocycles. The minimum atomic E-state index is 0.0981. The highest BCUT2D eigenvalue weighted by Crippen LogP contribution is 2.43. The molecule has 1 aliphatic heterocycles. The van der Waals surface area contributed by atoms with Crippen LogP contribution in [0.4, 0.5) is 0 Å². The largest absolute Gasteiger partial charge is 0.497 e. The van der Waals surface area contributed by atoms with Gasteiger partial charge in [0.05, 0.1) is 23.9 Å². The minimum Gasteiger partial charge on any atom is -0.497 e. The first-order valence-corrected chi connectivity index (χ1v) is 14.5. The molecule has 7 rings (SSSR count). The van der Waals surface area contributed by atoms with Crippen molar-refractivity contribution in [1.82, 2.24) is 14.0 Å². The van der Waals surface area contributed by atoms with E-state index in [0.29, 0.717) is 6.04 Å². The lowest BCUT2D eigenvalue weighted by Gasteiger charge is -2.33. The zero-order valence-corrected chi connectivity index (χ0v) is 23.9. The third-order valence-corrected chi connectivity index (χ3v) is 8.91. The second kappa shape index (κ2) is 10.2. The van der Waals surface area contributed by atoms with Crippen LogP contribution in [0.1, 0.15) is 41.7 Å². The van der Waals surface area contributed by atoms with Crippen LogP contribution in [0.2, 0.25) is 0 Å². The number of hydrogen-bond acceptors (Lipinski definition) is 3. The van der Waals surface area contributed by atoms with Gasteiger partial charge >= 0.3 is 0 Å². The average molecular weight is 542 g/mol. The molecule has 5 heteroatoms. The second-order valence-corrected chi connectivity index (χ2v) is 11.3. The molecule has 41 heavy (non-hydrogen) atoms. The van der Waals surface area contributed by atoms with Crippen molar-refractivity contribution >= 4 is 38.5 Å². The number of hydrogen-bond donors (Lipinski definition) is 0. The Balaban J connectivity index is 1.31. The number of carbonyl (C=O) groups is 1. The Bertz CT molecular complexity index is 1920. The van der Waals surface area contributed by atoms with E-state index in [0.717, 1.165) is 65.9 Å². The van der Waals surface area contributed by atoms with Gasteiger partial charge in [-0.2, -0.15) is 0 Å². The van der Waals surface area contributed by atoms with E-state index < -0.39 is 0 Å². The summed E-state index contributed by atoms with van der Waals surface area (Å²) in [6.07, 6.45) is 2.18. The van der Waals surface area contributed by atoms with Crippen LogP contribution in [0.3, 0.4) is 0 Å². The molecule has 1 aliphatic rings. The second-order valence-electron chi connectivity index (χ2n) is 11.3. The number of ketones is 1. The minimum absolute atomic E-state index is 0.0981. The number of fused-ring (bicyclic) bond motifs is 4. The molecule has 1 fully saturated rings. The smallest absolute Gasteiger partial charge is 0.162 e. The summed E-state index contributed by atoms with van der Waals surface area (Å²) >= 11 is 0. The molecule has 0 unspecified atom stereocenters. The predicted octanol–water partition coefficient (Wildman–Crippen LogP) is 8.00. The third-order valence-electron chi connectivity index (χ3n) is 8.91. The number of likely N-dealkylation sites (tertiary alicyclic amines) is 1. The van der Waals surface area contributed by atoms with Gasteiger partial charge in [0.2, 0.25) is 0 Å². The maximum atomic E-state index is 13.1. The van der Waals surface area contributed by atoms with Gasteiger partial charge in [0.1, 0.15) is 5.75 Å². The molecule has 0 aliphatic carbocycles. The maximum Gasteiger partial charge on any atom is 0.162 e. The summed E-state index contributed by atoms with van der Waals surface area (Å²) in [7, 11) is 3.81. The van der Waals surface area contributed by atoms with Gasteiger partial charge in [-0.3, -0.25) is 9.69 Å². The zero-order chi connectivity index (χ0) is 28.1. The average Bonchev–Trinajstić information content (AvgIpc) is 3.50. The molecule has 2 aromatic heterocycles. The summed E-state index contributed by atoms with van der Waals surface area (Å²) in [5.74, 6) is 1.01. The molecular weight excluding hydrogens is 506 g/mol. The number of benzene rings is 4. The Morgan fingerprint density at radius 2 is 1.51 bits per heavy atom. The predicted molar refractivity (Wildman–Crippen MR) is 168 cm³/mol. The van der Waals surface area contributed by atoms with Gasteiger partial charge in [-0.15, -0.1) is 0 Å². The quantitative estimate of drug-likeness (QED) is 0.201. The molecule has 0 N–H and O–H groups in total. The molecule has 0 atom stereocenters. The number of nitrogens with zero attached hydrogens (tertiary/aromatic N) is 3. The van der Waals surface area contributed by atoms with Crippen molar-refractivity contribution in [3.8, 4) is 17.0 Å². The number of carbonyl (C=O) groups excluding carboxylic acids is 1. The molecule has 4 aromatic carbocycles. The highest BCUT2D eigenvalue weighted by atomic mass is 16.5. The number of rotatable bonds is 6. The first-order chi connectivity index (χ1) is 20.0. The van der Waals surface area contributed by atoms with E-state index in [9.17, 15) is 4.79 Å². The molecule has 5 nitrogen and oxygen atoms in total. The number of methoxy groups -OCH3 is 1. The van der Waals surface area contributed by atoms with Gasteiger partial charge < -0.3 is 13.9 Å². The Morgan fingerprint density at radius 3 is 2.27 bits per heavy atom. The van der Waals surface area contributed by atoms with Crippen LogP contribution in [-0.2, 0) is 13.6 Å². The highest BCUT2D eigenvalue weighted by molar-refractivity contribution is 6.19. The molecule has 0 spiro atoms. The van der Waals surface area contributed by atoms with E-state index in [1.807, 2.05) is 18.2 Å². The summed E-state index contributed by atoms with van der Waals surface area (Å²) in [6.45, 7) is 4.73. The lowest BCUT2D eigenvalue weighted by atomic mass is 9.98. The SMILES string of the molecule is COc1cccc(CN2CCC(n3c4ccccc4c4c(-c5c(C(C)=O)c6ccccc6n5C)cccc43)CC2)c1. The van der Waals surface area contributed by atoms with Crippen molar-refractivity contribution in [2.24, 2.45) is 7.05 Å². The molecule has 3 heterocycles. The van der Waals surface area contributed by atoms with E-state index >= 15 is 0 Å². The molecule has 1 saturated heterocycles. The van der Waals surface area contributed by atoms with E-state index in [-0.39, 0.29) is 5.78 Å². The topological polar surface area (TPSA) is 39.4 Å². The summed E-state index contributed by atoms with van der Waals surface area (Å²) in [5, 5.41) is 3.49. The first-order valence-electron chi connectivity index (χ1n) is 14.5. The number of Topliss-reactive ketones (excluding diaryl/α,β-unsaturated/α-hetero) is 1. The Hall–Kier alpha value is -4.35. The van der Waals surface area contributed by atoms with Gasteiger partial charge in [-0.25, -0.2) is 0 Å². The van der Waals surface area contributed by atoms with Crippen molar-refractivity contribution in [2.75, 3.05) is 20.2 Å². The van der Waals surface area contributed by atoms with Crippen molar-refractivity contribution in [3.05, 3.63) is 102 Å². The van der Waals surface area contributed by atoms with Crippen LogP contribution in [-0.4, -0.2) is 40.0 Å². The van der Waals surface area contributed by atoms with Crippen molar-refractivity contribution in [2.45, 2.75) is 32.4 Å². The van der Waals surface area contributed by atoms with Crippen LogP contribution in [0.15, 0.2) is 91.0 Å². The molecule has 6 aromatic rings. The van der Waals surface area contributed by atoms with Crippen LogP contribution in [0.5, 0.6) is 5.75 Å². The number of aromatic nitrogens is 2. The van der Waals surface area contributed by atoms with Gasteiger partial charge in [-0.05, 0) is 55.7 Å². The van der Waals surface area contributed by atoms with Crippen molar-refractivity contribution in [1.29, 1.82) is 0 Å². The first kappa shape index (κ1) is 25.6. The number of aryl methyl sites for hydroxylation is 1. The molecule has 0 radical (unpaired) electrons. The summed E-state index contributed by atoms with van der Waals surface area (Å²) in [6, 6.07) is 32.4. The number of para-hydroxylation sites is 2. The van der Waals surface area contributed by atoms with E-state index in [4.69, 9.17) is 4.74 Å². The molecule has 206 valence electrons. The fourth-order valence-electron chi connectivity index (χ4n) is 7.07. The Morgan fingerprint density at radius 1 is 0.829 bits per heavy atom. The van der Waals surface area contributed by atoms with Crippen molar-refractivity contribution in [3.63, 3.8) is 0 Å². The molecule has 0 bridgehead atoms. The summed E-state index contributed by atoms with van der Waals surface area (Å²) < 4.78 is 10.2. The Labute approximate surface area is 240 Å².